The molecule has 0 saturated heterocycles. The molecule has 0 spiro atoms. The normalized spacial score (nSPS) is 9.69. The van der Waals surface area contributed by atoms with Crippen molar-refractivity contribution in [2.45, 2.75) is 26.7 Å². The molecule has 0 heterocycles. The first-order valence-corrected chi connectivity index (χ1v) is 5.26. The number of allylic oxidation sites excluding steroid dienone is 2. The number of rotatable bonds is 4. The van der Waals surface area contributed by atoms with Crippen molar-refractivity contribution in [3.63, 3.8) is 0 Å². The standard InChI is InChI=1S/C13H16FNO/c1-10(2)4-3-5-13(16)15-12-8-6-11(14)7-9-12/h4,6-9H,3,5H2,1-2H3,(H,15,16). The lowest BCUT2D eigenvalue weighted by Crippen LogP contribution is -2.10. The van der Waals surface area contributed by atoms with Gasteiger partial charge in [0.25, 0.3) is 0 Å². The molecule has 0 radical (unpaired) electrons. The van der Waals surface area contributed by atoms with E-state index in [2.05, 4.69) is 5.32 Å². The van der Waals surface area contributed by atoms with Gasteiger partial charge in [-0.1, -0.05) is 11.6 Å². The molecule has 16 heavy (non-hydrogen) atoms. The number of hydrogen-bond donors (Lipinski definition) is 1. The van der Waals surface area contributed by atoms with Crippen molar-refractivity contribution < 1.29 is 9.18 Å². The smallest absolute Gasteiger partial charge is 0.224 e. The van der Waals surface area contributed by atoms with E-state index in [1.807, 2.05) is 19.9 Å². The van der Waals surface area contributed by atoms with Gasteiger partial charge in [0.15, 0.2) is 0 Å². The second-order valence-corrected chi connectivity index (χ2v) is 3.88. The van der Waals surface area contributed by atoms with Crippen molar-refractivity contribution >= 4 is 11.6 Å². The summed E-state index contributed by atoms with van der Waals surface area (Å²) in [5.74, 6) is -0.355. The van der Waals surface area contributed by atoms with E-state index in [1.54, 1.807) is 12.1 Å². The number of halogens is 1. The highest BCUT2D eigenvalue weighted by Crippen LogP contribution is 2.09. The maximum absolute atomic E-state index is 12.6. The van der Waals surface area contributed by atoms with E-state index in [0.29, 0.717) is 12.1 Å². The third-order valence-electron chi connectivity index (χ3n) is 2.05. The molecule has 1 aromatic rings. The molecular weight excluding hydrogens is 205 g/mol. The Hall–Kier alpha value is -1.64. The van der Waals surface area contributed by atoms with Crippen LogP contribution in [0.25, 0.3) is 0 Å². The van der Waals surface area contributed by atoms with Crippen molar-refractivity contribution in [1.29, 1.82) is 0 Å². The summed E-state index contributed by atoms with van der Waals surface area (Å²) in [7, 11) is 0. The zero-order chi connectivity index (χ0) is 12.0. The van der Waals surface area contributed by atoms with E-state index in [1.165, 1.54) is 17.7 Å². The Morgan fingerprint density at radius 1 is 1.31 bits per heavy atom. The fourth-order valence-corrected chi connectivity index (χ4v) is 1.25. The molecule has 1 N–H and O–H groups in total. The van der Waals surface area contributed by atoms with Crippen LogP contribution in [-0.2, 0) is 4.79 Å². The Morgan fingerprint density at radius 2 is 1.94 bits per heavy atom. The summed E-state index contributed by atoms with van der Waals surface area (Å²) in [6.45, 7) is 4.00. The third-order valence-corrected chi connectivity index (χ3v) is 2.05. The van der Waals surface area contributed by atoms with Crippen LogP contribution in [0.1, 0.15) is 26.7 Å². The van der Waals surface area contributed by atoms with Crippen LogP contribution in [0.4, 0.5) is 10.1 Å². The summed E-state index contributed by atoms with van der Waals surface area (Å²) >= 11 is 0. The minimum atomic E-state index is -0.303. The van der Waals surface area contributed by atoms with E-state index in [4.69, 9.17) is 0 Å². The molecular formula is C13H16FNO. The number of anilines is 1. The summed E-state index contributed by atoms with van der Waals surface area (Å²) in [5, 5.41) is 2.71. The number of benzene rings is 1. The number of nitrogens with one attached hydrogen (secondary N) is 1. The molecule has 0 aliphatic rings. The Labute approximate surface area is 95.2 Å². The second-order valence-electron chi connectivity index (χ2n) is 3.88. The van der Waals surface area contributed by atoms with Crippen LogP contribution in [0.5, 0.6) is 0 Å². The predicted octanol–water partition coefficient (Wildman–Crippen LogP) is 3.51. The summed E-state index contributed by atoms with van der Waals surface area (Å²) < 4.78 is 12.6. The number of amides is 1. The maximum atomic E-state index is 12.6. The molecule has 86 valence electrons. The third kappa shape index (κ3) is 4.73. The van der Waals surface area contributed by atoms with Crippen LogP contribution >= 0.6 is 0 Å². The summed E-state index contributed by atoms with van der Waals surface area (Å²) in [4.78, 5) is 11.4. The molecule has 2 nitrogen and oxygen atoms in total. The highest BCUT2D eigenvalue weighted by molar-refractivity contribution is 5.90. The lowest BCUT2D eigenvalue weighted by Gasteiger charge is -2.03. The highest BCUT2D eigenvalue weighted by atomic mass is 19.1. The number of carbonyl (C=O) groups excluding carboxylic acids is 1. The zero-order valence-electron chi connectivity index (χ0n) is 9.59. The van der Waals surface area contributed by atoms with Crippen LogP contribution in [0, 0.1) is 5.82 Å². The molecule has 0 bridgehead atoms. The fourth-order valence-electron chi connectivity index (χ4n) is 1.25. The molecule has 0 unspecified atom stereocenters. The molecule has 0 aliphatic heterocycles. The molecule has 3 heteroatoms. The summed E-state index contributed by atoms with van der Waals surface area (Å²) in [6, 6.07) is 5.75. The van der Waals surface area contributed by atoms with Gasteiger partial charge < -0.3 is 5.32 Å². The average molecular weight is 221 g/mol. The van der Waals surface area contributed by atoms with E-state index in [9.17, 15) is 9.18 Å². The van der Waals surface area contributed by atoms with Crippen LogP contribution in [0.2, 0.25) is 0 Å². The first-order chi connectivity index (χ1) is 7.58. The van der Waals surface area contributed by atoms with Gasteiger partial charge in [0.1, 0.15) is 5.82 Å². The Morgan fingerprint density at radius 3 is 2.50 bits per heavy atom. The first-order valence-electron chi connectivity index (χ1n) is 5.26. The van der Waals surface area contributed by atoms with Crippen molar-refractivity contribution in [3.05, 3.63) is 41.7 Å². The molecule has 0 atom stereocenters. The van der Waals surface area contributed by atoms with Gasteiger partial charge in [-0.05, 0) is 44.5 Å². The Kier molecular flexibility index (Phi) is 4.70. The maximum Gasteiger partial charge on any atom is 0.224 e. The van der Waals surface area contributed by atoms with Gasteiger partial charge >= 0.3 is 0 Å². The highest BCUT2D eigenvalue weighted by Gasteiger charge is 2.00. The molecule has 1 rings (SSSR count). The SMILES string of the molecule is CC(C)=CCCC(=O)Nc1ccc(F)cc1. The van der Waals surface area contributed by atoms with Gasteiger partial charge in [-0.25, -0.2) is 4.39 Å². The first kappa shape index (κ1) is 12.4. The quantitative estimate of drug-likeness (QED) is 0.774. The molecule has 0 saturated carbocycles. The topological polar surface area (TPSA) is 29.1 Å². The van der Waals surface area contributed by atoms with Gasteiger partial charge in [0, 0.05) is 12.1 Å². The molecule has 1 aromatic carbocycles. The summed E-state index contributed by atoms with van der Waals surface area (Å²) in [5.41, 5.74) is 1.83. The van der Waals surface area contributed by atoms with E-state index in [0.717, 1.165) is 6.42 Å². The van der Waals surface area contributed by atoms with Crippen LogP contribution in [0.3, 0.4) is 0 Å². The van der Waals surface area contributed by atoms with Gasteiger partial charge in [-0.15, -0.1) is 0 Å². The van der Waals surface area contributed by atoms with Gasteiger partial charge in [0.2, 0.25) is 5.91 Å². The van der Waals surface area contributed by atoms with Crippen LogP contribution in [-0.4, -0.2) is 5.91 Å². The van der Waals surface area contributed by atoms with E-state index >= 15 is 0 Å². The summed E-state index contributed by atoms with van der Waals surface area (Å²) in [6.07, 6.45) is 3.20. The van der Waals surface area contributed by atoms with Gasteiger partial charge in [0.05, 0.1) is 0 Å². The van der Waals surface area contributed by atoms with Crippen molar-refractivity contribution in [2.24, 2.45) is 0 Å². The van der Waals surface area contributed by atoms with Gasteiger partial charge in [-0.3, -0.25) is 4.79 Å². The molecule has 0 aromatic heterocycles. The largest absolute Gasteiger partial charge is 0.326 e. The second kappa shape index (κ2) is 6.05. The van der Waals surface area contributed by atoms with E-state index < -0.39 is 0 Å². The van der Waals surface area contributed by atoms with Crippen molar-refractivity contribution in [3.8, 4) is 0 Å². The fraction of sp³-hybridized carbons (Fsp3) is 0.308. The average Bonchev–Trinajstić information content (AvgIpc) is 2.21. The monoisotopic (exact) mass is 221 g/mol. The molecule has 1 amide bonds. The minimum absolute atomic E-state index is 0.0518. The minimum Gasteiger partial charge on any atom is -0.326 e. The van der Waals surface area contributed by atoms with Crippen LogP contribution < -0.4 is 5.32 Å². The van der Waals surface area contributed by atoms with E-state index in [-0.39, 0.29) is 11.7 Å². The lowest BCUT2D eigenvalue weighted by molar-refractivity contribution is -0.116. The van der Waals surface area contributed by atoms with Crippen molar-refractivity contribution in [2.75, 3.05) is 5.32 Å². The predicted molar refractivity (Wildman–Crippen MR) is 63.7 cm³/mol. The zero-order valence-corrected chi connectivity index (χ0v) is 9.59. The molecule has 0 aliphatic carbocycles. The van der Waals surface area contributed by atoms with Crippen LogP contribution in [0.15, 0.2) is 35.9 Å². The lowest BCUT2D eigenvalue weighted by atomic mass is 10.2. The van der Waals surface area contributed by atoms with Gasteiger partial charge in [-0.2, -0.15) is 0 Å². The Bertz CT molecular complexity index is 377. The number of carbonyl (C=O) groups is 1. The Balaban J connectivity index is 2.40. The van der Waals surface area contributed by atoms with Crippen molar-refractivity contribution in [1.82, 2.24) is 0 Å². The number of hydrogen-bond acceptors (Lipinski definition) is 1. The molecule has 0 fully saturated rings.